The van der Waals surface area contributed by atoms with Gasteiger partial charge in [0.1, 0.15) is 5.75 Å². The molecule has 31 heavy (non-hydrogen) atoms. The van der Waals surface area contributed by atoms with Gasteiger partial charge in [-0.05, 0) is 73.5 Å². The normalized spacial score (nSPS) is 15.4. The summed E-state index contributed by atoms with van der Waals surface area (Å²) in [7, 11) is -3.72. The number of hydrogen-bond donors (Lipinski definition) is 1. The summed E-state index contributed by atoms with van der Waals surface area (Å²) < 4.78 is 34.2. The summed E-state index contributed by atoms with van der Waals surface area (Å²) in [6, 6.07) is 20.8. The van der Waals surface area contributed by atoms with Gasteiger partial charge in [0.2, 0.25) is 0 Å². The Kier molecular flexibility index (Phi) is 6.02. The molecule has 0 fully saturated rings. The molecule has 1 atom stereocenters. The summed E-state index contributed by atoms with van der Waals surface area (Å²) in [5, 5.41) is 0. The molecule has 1 heterocycles. The summed E-state index contributed by atoms with van der Waals surface area (Å²) in [5.41, 5.74) is 2.54. The van der Waals surface area contributed by atoms with Crippen LogP contribution in [-0.4, -0.2) is 27.0 Å². The maximum Gasteiger partial charge on any atom is 0.265 e. The van der Waals surface area contributed by atoms with Gasteiger partial charge in [0, 0.05) is 21.9 Å². The van der Waals surface area contributed by atoms with Crippen molar-refractivity contribution < 1.29 is 17.9 Å². The predicted molar refractivity (Wildman–Crippen MR) is 124 cm³/mol. The Hall–Kier alpha value is -2.84. The van der Waals surface area contributed by atoms with Crippen LogP contribution in [0.3, 0.4) is 0 Å². The molecule has 1 N–H and O–H groups in total. The van der Waals surface area contributed by atoms with Gasteiger partial charge < -0.3 is 9.64 Å². The topological polar surface area (TPSA) is 75.7 Å². The van der Waals surface area contributed by atoms with Gasteiger partial charge in [-0.3, -0.25) is 9.52 Å². The van der Waals surface area contributed by atoms with Crippen molar-refractivity contribution in [3.05, 3.63) is 82.8 Å². The van der Waals surface area contributed by atoms with Gasteiger partial charge in [-0.2, -0.15) is 0 Å². The highest BCUT2D eigenvalue weighted by atomic mass is 79.9. The molecule has 4 rings (SSSR count). The van der Waals surface area contributed by atoms with Crippen LogP contribution < -0.4 is 14.4 Å². The quantitative estimate of drug-likeness (QED) is 0.536. The Labute approximate surface area is 190 Å². The molecule has 0 aromatic heterocycles. The lowest BCUT2D eigenvalue weighted by atomic mass is 10.1. The highest BCUT2D eigenvalue weighted by molar-refractivity contribution is 9.10. The molecule has 3 aromatic carbocycles. The number of halogens is 1. The van der Waals surface area contributed by atoms with Gasteiger partial charge in [-0.25, -0.2) is 8.42 Å². The molecule has 0 saturated carbocycles. The van der Waals surface area contributed by atoms with E-state index >= 15 is 0 Å². The molecule has 1 amide bonds. The fourth-order valence-corrected chi connectivity index (χ4v) is 4.93. The van der Waals surface area contributed by atoms with Crippen LogP contribution >= 0.6 is 15.9 Å². The monoisotopic (exact) mass is 500 g/mol. The number of carbonyl (C=O) groups is 1. The van der Waals surface area contributed by atoms with Crippen molar-refractivity contribution in [3.63, 3.8) is 0 Å². The number of amides is 1. The molecule has 160 valence electrons. The van der Waals surface area contributed by atoms with E-state index in [4.69, 9.17) is 4.74 Å². The highest BCUT2D eigenvalue weighted by Crippen LogP contribution is 2.32. The second kappa shape index (κ2) is 8.72. The zero-order valence-electron chi connectivity index (χ0n) is 16.8. The Bertz CT molecular complexity index is 1200. The van der Waals surface area contributed by atoms with Crippen LogP contribution in [-0.2, 0) is 21.2 Å². The summed E-state index contributed by atoms with van der Waals surface area (Å²) in [6.45, 7) is 1.89. The van der Waals surface area contributed by atoms with E-state index in [1.807, 2.05) is 31.2 Å². The molecule has 0 radical (unpaired) electrons. The van der Waals surface area contributed by atoms with Gasteiger partial charge in [-0.15, -0.1) is 0 Å². The number of para-hydroxylation sites is 1. The molecule has 0 saturated heterocycles. The maximum absolute atomic E-state index is 12.7. The number of anilines is 2. The smallest absolute Gasteiger partial charge is 0.265 e. The van der Waals surface area contributed by atoms with Gasteiger partial charge in [-0.1, -0.05) is 34.1 Å². The van der Waals surface area contributed by atoms with E-state index in [0.717, 1.165) is 22.1 Å². The largest absolute Gasteiger partial charge is 0.484 e. The summed E-state index contributed by atoms with van der Waals surface area (Å²) in [4.78, 5) is 14.6. The molecule has 6 nitrogen and oxygen atoms in total. The summed E-state index contributed by atoms with van der Waals surface area (Å²) in [6.07, 6.45) is 0.819. The van der Waals surface area contributed by atoms with Crippen LogP contribution in [0.15, 0.2) is 82.2 Å². The van der Waals surface area contributed by atoms with Crippen molar-refractivity contribution >= 4 is 43.2 Å². The van der Waals surface area contributed by atoms with Crippen molar-refractivity contribution in [3.8, 4) is 5.75 Å². The number of hydrogen-bond acceptors (Lipinski definition) is 4. The molecular formula is C23H21BrN2O4S. The van der Waals surface area contributed by atoms with E-state index < -0.39 is 10.0 Å². The standard InChI is InChI=1S/C23H21BrN2O4S/c1-16-14-17-4-2-3-5-22(17)26(16)23(27)15-30-20-10-12-21(13-11-20)31(28,29)25-19-8-6-18(24)7-9-19/h2-13,16,25H,14-15H2,1H3/t16-/m0/s1. The summed E-state index contributed by atoms with van der Waals surface area (Å²) in [5.74, 6) is 0.294. The number of nitrogens with zero attached hydrogens (tertiary/aromatic N) is 1. The molecule has 3 aromatic rings. The SMILES string of the molecule is C[C@H]1Cc2ccccc2N1C(=O)COc1ccc(S(=O)(=O)Nc2ccc(Br)cc2)cc1. The number of benzene rings is 3. The van der Waals surface area contributed by atoms with Crippen LogP contribution in [0.5, 0.6) is 5.75 Å². The van der Waals surface area contributed by atoms with E-state index in [9.17, 15) is 13.2 Å². The zero-order chi connectivity index (χ0) is 22.0. The first-order valence-electron chi connectivity index (χ1n) is 9.75. The van der Waals surface area contributed by atoms with Crippen LogP contribution in [0.4, 0.5) is 11.4 Å². The fraction of sp³-hybridized carbons (Fsp3) is 0.174. The van der Waals surface area contributed by atoms with Crippen LogP contribution in [0.1, 0.15) is 12.5 Å². The third-order valence-electron chi connectivity index (χ3n) is 5.07. The van der Waals surface area contributed by atoms with Gasteiger partial charge >= 0.3 is 0 Å². The maximum atomic E-state index is 12.7. The van der Waals surface area contributed by atoms with Crippen molar-refractivity contribution in [2.45, 2.75) is 24.3 Å². The van der Waals surface area contributed by atoms with Gasteiger partial charge in [0.25, 0.3) is 15.9 Å². The third kappa shape index (κ3) is 4.75. The van der Waals surface area contributed by atoms with E-state index in [1.54, 1.807) is 41.3 Å². The molecule has 0 bridgehead atoms. The lowest BCUT2D eigenvalue weighted by Crippen LogP contribution is -2.39. The molecular weight excluding hydrogens is 480 g/mol. The first kappa shape index (κ1) is 21.4. The second-order valence-electron chi connectivity index (χ2n) is 7.32. The average molecular weight is 501 g/mol. The van der Waals surface area contributed by atoms with Crippen molar-refractivity contribution in [2.75, 3.05) is 16.2 Å². The van der Waals surface area contributed by atoms with Crippen molar-refractivity contribution in [1.29, 1.82) is 0 Å². The number of fused-ring (bicyclic) bond motifs is 1. The van der Waals surface area contributed by atoms with E-state index in [-0.39, 0.29) is 23.5 Å². The van der Waals surface area contributed by atoms with E-state index in [2.05, 4.69) is 20.7 Å². The molecule has 1 aliphatic rings. The Morgan fingerprint density at radius 2 is 1.74 bits per heavy atom. The molecule has 0 aliphatic carbocycles. The Morgan fingerprint density at radius 3 is 2.45 bits per heavy atom. The second-order valence-corrected chi connectivity index (χ2v) is 9.92. The van der Waals surface area contributed by atoms with Crippen LogP contribution in [0.25, 0.3) is 0 Å². The minimum absolute atomic E-state index is 0.0747. The third-order valence-corrected chi connectivity index (χ3v) is 6.99. The van der Waals surface area contributed by atoms with Crippen molar-refractivity contribution in [2.24, 2.45) is 0 Å². The average Bonchev–Trinajstić information content (AvgIpc) is 3.09. The minimum atomic E-state index is -3.72. The van der Waals surface area contributed by atoms with Gasteiger partial charge in [0.15, 0.2) is 6.61 Å². The first-order chi connectivity index (χ1) is 14.8. The summed E-state index contributed by atoms with van der Waals surface area (Å²) >= 11 is 3.32. The van der Waals surface area contributed by atoms with Gasteiger partial charge in [0.05, 0.1) is 4.90 Å². The number of sulfonamides is 1. The number of ether oxygens (including phenoxy) is 1. The highest BCUT2D eigenvalue weighted by Gasteiger charge is 2.30. The van der Waals surface area contributed by atoms with Crippen LogP contribution in [0, 0.1) is 0 Å². The lowest BCUT2D eigenvalue weighted by molar-refractivity contribution is -0.120. The Balaban J connectivity index is 1.40. The van der Waals surface area contributed by atoms with E-state index in [1.165, 1.54) is 12.1 Å². The zero-order valence-corrected chi connectivity index (χ0v) is 19.2. The number of carbonyl (C=O) groups excluding carboxylic acids is 1. The predicted octanol–water partition coefficient (Wildman–Crippen LogP) is 4.61. The van der Waals surface area contributed by atoms with Crippen molar-refractivity contribution in [1.82, 2.24) is 0 Å². The Morgan fingerprint density at radius 1 is 1.06 bits per heavy atom. The minimum Gasteiger partial charge on any atom is -0.484 e. The van der Waals surface area contributed by atoms with Crippen LogP contribution in [0.2, 0.25) is 0 Å². The molecule has 8 heteroatoms. The number of rotatable bonds is 6. The first-order valence-corrected chi connectivity index (χ1v) is 12.0. The lowest BCUT2D eigenvalue weighted by Gasteiger charge is -2.22. The molecule has 0 spiro atoms. The molecule has 0 unspecified atom stereocenters. The molecule has 1 aliphatic heterocycles. The number of nitrogens with one attached hydrogen (secondary N) is 1. The van der Waals surface area contributed by atoms with E-state index in [0.29, 0.717) is 11.4 Å². The fourth-order valence-electron chi connectivity index (χ4n) is 3.61.